The second-order valence-electron chi connectivity index (χ2n) is 6.14. The quantitative estimate of drug-likeness (QED) is 0.354. The number of benzene rings is 1. The standard InChI is InChI=1S/C18H20N2O5/c1-11(2)10-19-12(3)16(18(22)25-4)14(17(19)21)9-13-7-5-6-8-15(13)20(23)24/h5-9,11H,10H2,1-4H3/b14-9+. The fourth-order valence-corrected chi connectivity index (χ4v) is 2.74. The number of carbonyl (C=O) groups is 2. The molecule has 132 valence electrons. The molecular weight excluding hydrogens is 324 g/mol. The first-order valence-electron chi connectivity index (χ1n) is 7.84. The summed E-state index contributed by atoms with van der Waals surface area (Å²) in [5.41, 5.74) is 0.879. The molecule has 2 rings (SSSR count). The molecule has 1 amide bonds. The molecule has 0 aromatic heterocycles. The molecule has 1 aliphatic heterocycles. The van der Waals surface area contributed by atoms with E-state index < -0.39 is 10.9 Å². The molecule has 1 heterocycles. The van der Waals surface area contributed by atoms with E-state index in [9.17, 15) is 19.7 Å². The number of rotatable bonds is 5. The molecule has 0 spiro atoms. The summed E-state index contributed by atoms with van der Waals surface area (Å²) in [4.78, 5) is 37.2. The number of amides is 1. The van der Waals surface area contributed by atoms with Gasteiger partial charge in [0.15, 0.2) is 0 Å². The van der Waals surface area contributed by atoms with E-state index in [0.717, 1.165) is 0 Å². The number of nitro benzene ring substituents is 1. The summed E-state index contributed by atoms with van der Waals surface area (Å²) in [6.07, 6.45) is 1.39. The highest BCUT2D eigenvalue weighted by Gasteiger charge is 2.37. The van der Waals surface area contributed by atoms with E-state index in [1.54, 1.807) is 19.1 Å². The van der Waals surface area contributed by atoms with Crippen molar-refractivity contribution in [2.24, 2.45) is 5.92 Å². The fraction of sp³-hybridized carbons (Fsp3) is 0.333. The van der Waals surface area contributed by atoms with Crippen LogP contribution in [-0.2, 0) is 14.3 Å². The van der Waals surface area contributed by atoms with E-state index in [2.05, 4.69) is 0 Å². The zero-order chi connectivity index (χ0) is 18.7. The lowest BCUT2D eigenvalue weighted by atomic mass is 10.0. The largest absolute Gasteiger partial charge is 0.465 e. The second kappa shape index (κ2) is 7.29. The van der Waals surface area contributed by atoms with Crippen LogP contribution in [-0.4, -0.2) is 35.4 Å². The van der Waals surface area contributed by atoms with E-state index in [4.69, 9.17) is 4.74 Å². The van der Waals surface area contributed by atoms with Gasteiger partial charge < -0.3 is 9.64 Å². The number of hydrogen-bond donors (Lipinski definition) is 0. The number of carbonyl (C=O) groups excluding carboxylic acids is 2. The van der Waals surface area contributed by atoms with Crippen LogP contribution in [0.1, 0.15) is 26.3 Å². The first kappa shape index (κ1) is 18.4. The molecule has 0 atom stereocenters. The van der Waals surface area contributed by atoms with Crippen LogP contribution in [0.4, 0.5) is 5.69 Å². The highest BCUT2D eigenvalue weighted by molar-refractivity contribution is 6.16. The molecule has 1 aromatic carbocycles. The summed E-state index contributed by atoms with van der Waals surface area (Å²) in [7, 11) is 1.24. The Kier molecular flexibility index (Phi) is 5.36. The Morgan fingerprint density at radius 2 is 2.00 bits per heavy atom. The average molecular weight is 344 g/mol. The Morgan fingerprint density at radius 3 is 2.56 bits per heavy atom. The smallest absolute Gasteiger partial charge is 0.340 e. The van der Waals surface area contributed by atoms with Crippen molar-refractivity contribution in [3.63, 3.8) is 0 Å². The van der Waals surface area contributed by atoms with Gasteiger partial charge in [0.2, 0.25) is 0 Å². The van der Waals surface area contributed by atoms with E-state index in [1.165, 1.54) is 30.2 Å². The van der Waals surface area contributed by atoms with Crippen LogP contribution < -0.4 is 0 Å². The van der Waals surface area contributed by atoms with E-state index >= 15 is 0 Å². The number of ether oxygens (including phenoxy) is 1. The molecule has 0 bridgehead atoms. The van der Waals surface area contributed by atoms with E-state index in [1.807, 2.05) is 13.8 Å². The Balaban J connectivity index is 2.60. The molecular formula is C18H20N2O5. The first-order chi connectivity index (χ1) is 11.8. The van der Waals surface area contributed by atoms with E-state index in [0.29, 0.717) is 12.2 Å². The molecule has 0 aliphatic carbocycles. The van der Waals surface area contributed by atoms with Gasteiger partial charge in [0.05, 0.1) is 28.7 Å². The topological polar surface area (TPSA) is 89.8 Å². The van der Waals surface area contributed by atoms with Crippen molar-refractivity contribution in [1.82, 2.24) is 4.90 Å². The van der Waals surface area contributed by atoms with E-state index in [-0.39, 0.29) is 34.2 Å². The van der Waals surface area contributed by atoms with Crippen LogP contribution in [0.15, 0.2) is 41.1 Å². The molecule has 0 saturated heterocycles. The van der Waals surface area contributed by atoms with Gasteiger partial charge in [-0.3, -0.25) is 14.9 Å². The summed E-state index contributed by atoms with van der Waals surface area (Å²) in [5, 5.41) is 11.2. The minimum absolute atomic E-state index is 0.110. The van der Waals surface area contributed by atoms with Gasteiger partial charge in [-0.2, -0.15) is 0 Å². The molecule has 0 saturated carbocycles. The molecule has 0 unspecified atom stereocenters. The molecule has 0 fully saturated rings. The van der Waals surface area contributed by atoms with Crippen LogP contribution in [0.25, 0.3) is 6.08 Å². The Morgan fingerprint density at radius 1 is 1.36 bits per heavy atom. The number of nitrogens with zero attached hydrogens (tertiary/aromatic N) is 2. The summed E-state index contributed by atoms with van der Waals surface area (Å²) >= 11 is 0. The van der Waals surface area contributed by atoms with Gasteiger partial charge in [-0.1, -0.05) is 26.0 Å². The normalized spacial score (nSPS) is 16.1. The van der Waals surface area contributed by atoms with Crippen molar-refractivity contribution in [1.29, 1.82) is 0 Å². The Bertz CT molecular complexity index is 792. The van der Waals surface area contributed by atoms with Crippen molar-refractivity contribution < 1.29 is 19.2 Å². The van der Waals surface area contributed by atoms with Crippen LogP contribution in [0.3, 0.4) is 0 Å². The molecule has 1 aromatic rings. The van der Waals surface area contributed by atoms with Gasteiger partial charge >= 0.3 is 5.97 Å². The fourth-order valence-electron chi connectivity index (χ4n) is 2.74. The van der Waals surface area contributed by atoms with Crippen LogP contribution in [0.2, 0.25) is 0 Å². The Labute approximate surface area is 145 Å². The number of allylic oxidation sites excluding steroid dienone is 1. The zero-order valence-electron chi connectivity index (χ0n) is 14.6. The van der Waals surface area contributed by atoms with Gasteiger partial charge in [0.25, 0.3) is 11.6 Å². The monoisotopic (exact) mass is 344 g/mol. The highest BCUT2D eigenvalue weighted by Crippen LogP contribution is 2.33. The third-order valence-corrected chi connectivity index (χ3v) is 3.88. The summed E-state index contributed by atoms with van der Waals surface area (Å²) in [6.45, 7) is 6.04. The van der Waals surface area contributed by atoms with Gasteiger partial charge in [-0.25, -0.2) is 4.79 Å². The Hall–Kier alpha value is -2.96. The van der Waals surface area contributed by atoms with Gasteiger partial charge in [-0.15, -0.1) is 0 Å². The molecule has 7 heteroatoms. The second-order valence-corrected chi connectivity index (χ2v) is 6.14. The molecule has 0 radical (unpaired) electrons. The van der Waals surface area contributed by atoms with Gasteiger partial charge in [0, 0.05) is 18.3 Å². The van der Waals surface area contributed by atoms with Crippen molar-refractivity contribution >= 4 is 23.6 Å². The van der Waals surface area contributed by atoms with Crippen molar-refractivity contribution in [3.05, 3.63) is 56.8 Å². The maximum Gasteiger partial charge on any atom is 0.340 e. The maximum absolute atomic E-state index is 12.8. The summed E-state index contributed by atoms with van der Waals surface area (Å²) in [5.74, 6) is -0.796. The minimum Gasteiger partial charge on any atom is -0.465 e. The van der Waals surface area contributed by atoms with Gasteiger partial charge in [0.1, 0.15) is 0 Å². The predicted octanol–water partition coefficient (Wildman–Crippen LogP) is 2.92. The lowest BCUT2D eigenvalue weighted by Crippen LogP contribution is -2.28. The third kappa shape index (κ3) is 3.60. The summed E-state index contributed by atoms with van der Waals surface area (Å²) in [6, 6.07) is 6.07. The number of nitro groups is 1. The number of para-hydroxylation sites is 1. The minimum atomic E-state index is -0.637. The molecule has 7 nitrogen and oxygen atoms in total. The first-order valence-corrected chi connectivity index (χ1v) is 7.84. The van der Waals surface area contributed by atoms with Crippen LogP contribution >= 0.6 is 0 Å². The zero-order valence-corrected chi connectivity index (χ0v) is 14.6. The molecule has 1 aliphatic rings. The van der Waals surface area contributed by atoms with Gasteiger partial charge in [-0.05, 0) is 25.0 Å². The molecule has 0 N–H and O–H groups in total. The predicted molar refractivity (Wildman–Crippen MR) is 92.3 cm³/mol. The summed E-state index contributed by atoms with van der Waals surface area (Å²) < 4.78 is 4.80. The third-order valence-electron chi connectivity index (χ3n) is 3.88. The average Bonchev–Trinajstić information content (AvgIpc) is 2.78. The number of hydrogen-bond acceptors (Lipinski definition) is 5. The lowest BCUT2D eigenvalue weighted by molar-refractivity contribution is -0.385. The maximum atomic E-state index is 12.8. The molecule has 25 heavy (non-hydrogen) atoms. The number of methoxy groups -OCH3 is 1. The van der Waals surface area contributed by atoms with Crippen LogP contribution in [0.5, 0.6) is 0 Å². The van der Waals surface area contributed by atoms with Crippen LogP contribution in [0, 0.1) is 16.0 Å². The lowest BCUT2D eigenvalue weighted by Gasteiger charge is -2.19. The highest BCUT2D eigenvalue weighted by atomic mass is 16.6. The van der Waals surface area contributed by atoms with Crippen molar-refractivity contribution in [2.45, 2.75) is 20.8 Å². The number of esters is 1. The van der Waals surface area contributed by atoms with Crippen molar-refractivity contribution in [2.75, 3.05) is 13.7 Å². The SMILES string of the molecule is COC(=O)C1=C(C)N(CC(C)C)C(=O)/C1=C/c1ccccc1[N+](=O)[O-]. The van der Waals surface area contributed by atoms with Crippen molar-refractivity contribution in [3.8, 4) is 0 Å².